The summed E-state index contributed by atoms with van der Waals surface area (Å²) in [5.74, 6) is -0.652. The number of hydrogen-bond acceptors (Lipinski definition) is 6. The minimum absolute atomic E-state index is 0.121. The maximum atomic E-state index is 12.9. The Hall–Kier alpha value is -2.50. The summed E-state index contributed by atoms with van der Waals surface area (Å²) in [7, 11) is 0. The normalized spacial score (nSPS) is 24.5. The first-order valence-corrected chi connectivity index (χ1v) is 13.4. The maximum Gasteiger partial charge on any atom is 0.416 e. The Labute approximate surface area is 218 Å². The Morgan fingerprint density at radius 2 is 1.95 bits per heavy atom. The van der Waals surface area contributed by atoms with Crippen LogP contribution in [0, 0.1) is 0 Å². The molecule has 2 fully saturated rings. The van der Waals surface area contributed by atoms with Gasteiger partial charge in [0.15, 0.2) is 0 Å². The number of hydrogen-bond donors (Lipinski definition) is 3. The second-order valence-electron chi connectivity index (χ2n) is 10.3. The smallest absolute Gasteiger partial charge is 0.384 e. The molecule has 1 aromatic heterocycles. The van der Waals surface area contributed by atoms with Gasteiger partial charge in [0.1, 0.15) is 5.60 Å². The molecule has 1 saturated heterocycles. The summed E-state index contributed by atoms with van der Waals surface area (Å²) < 4.78 is 38.7. The maximum absolute atomic E-state index is 12.9. The number of nitrogens with zero attached hydrogens (tertiary/aromatic N) is 2. The molecule has 1 atom stereocenters. The van der Waals surface area contributed by atoms with Crippen LogP contribution in [0.4, 0.5) is 13.2 Å². The number of alkyl halides is 3. The number of nitrogens with one attached hydrogen (secondary N) is 2. The fourth-order valence-electron chi connectivity index (χ4n) is 4.94. The van der Waals surface area contributed by atoms with Crippen molar-refractivity contribution in [2.75, 3.05) is 19.6 Å². The third-order valence-corrected chi connectivity index (χ3v) is 8.64. The molecule has 1 aromatic carbocycles. The number of likely N-dealkylation sites (tertiary alicyclic amines) is 1. The van der Waals surface area contributed by atoms with Crippen molar-refractivity contribution in [2.45, 2.75) is 75.7 Å². The second-order valence-corrected chi connectivity index (χ2v) is 11.3. The molecule has 4 rings (SSSR count). The molecule has 202 valence electrons. The van der Waals surface area contributed by atoms with Crippen LogP contribution < -0.4 is 10.6 Å². The van der Waals surface area contributed by atoms with Crippen LogP contribution in [0.3, 0.4) is 0 Å². The minimum atomic E-state index is -4.54. The summed E-state index contributed by atoms with van der Waals surface area (Å²) in [5.41, 5.74) is -1.88. The molecule has 2 heterocycles. The summed E-state index contributed by atoms with van der Waals surface area (Å²) in [4.78, 5) is 31.9. The average Bonchev–Trinajstić information content (AvgIpc) is 3.54. The average molecular weight is 539 g/mol. The van der Waals surface area contributed by atoms with E-state index in [9.17, 15) is 27.9 Å². The van der Waals surface area contributed by atoms with Crippen LogP contribution in [0.5, 0.6) is 0 Å². The lowest BCUT2D eigenvalue weighted by atomic mass is 9.81. The van der Waals surface area contributed by atoms with E-state index in [1.807, 2.05) is 0 Å². The van der Waals surface area contributed by atoms with Gasteiger partial charge in [-0.15, -0.1) is 11.3 Å². The van der Waals surface area contributed by atoms with Crippen LogP contribution in [0.2, 0.25) is 0 Å². The predicted molar refractivity (Wildman–Crippen MR) is 134 cm³/mol. The molecule has 7 nitrogen and oxygen atoms in total. The Morgan fingerprint density at radius 3 is 2.59 bits per heavy atom. The van der Waals surface area contributed by atoms with Crippen LogP contribution in [0.25, 0.3) is 0 Å². The quantitative estimate of drug-likeness (QED) is 0.495. The number of aromatic nitrogens is 1. The molecule has 2 aliphatic rings. The van der Waals surface area contributed by atoms with Crippen molar-refractivity contribution in [2.24, 2.45) is 0 Å². The van der Waals surface area contributed by atoms with Gasteiger partial charge >= 0.3 is 6.18 Å². The number of amides is 2. The molecule has 1 aliphatic heterocycles. The van der Waals surface area contributed by atoms with Crippen molar-refractivity contribution >= 4 is 23.2 Å². The molecule has 37 heavy (non-hydrogen) atoms. The first kappa shape index (κ1) is 27.5. The van der Waals surface area contributed by atoms with Crippen molar-refractivity contribution in [3.63, 3.8) is 0 Å². The monoisotopic (exact) mass is 538 g/mol. The summed E-state index contributed by atoms with van der Waals surface area (Å²) >= 11 is 1.59. The lowest BCUT2D eigenvalue weighted by Gasteiger charge is -2.36. The van der Waals surface area contributed by atoms with E-state index in [0.717, 1.165) is 41.3 Å². The summed E-state index contributed by atoms with van der Waals surface area (Å²) in [6, 6.07) is 4.50. The van der Waals surface area contributed by atoms with Crippen LogP contribution in [-0.4, -0.2) is 58.5 Å². The van der Waals surface area contributed by atoms with Crippen molar-refractivity contribution < 1.29 is 27.9 Å². The number of rotatable bonds is 7. The fraction of sp³-hybridized carbons (Fsp3) is 0.577. The van der Waals surface area contributed by atoms with Gasteiger partial charge in [0.05, 0.1) is 22.0 Å². The van der Waals surface area contributed by atoms with E-state index >= 15 is 0 Å². The number of carbonyl (C=O) groups is 2. The standard InChI is InChI=1S/C26H33F3N4O3S/c1-16(2)24-31-13-21(37-24)25(36)9-6-19(7-10-25)32-20-8-11-33(15-20)22(34)14-30-23(35)17-4-3-5-18(12-17)26(27,28)29/h3-5,12-13,16,19-20,32,36H,6-11,14-15H2,1-2H3,(H,30,35). The van der Waals surface area contributed by atoms with Crippen LogP contribution in [-0.2, 0) is 16.6 Å². The molecule has 1 saturated carbocycles. The molecule has 11 heteroatoms. The SMILES string of the molecule is CC(C)c1ncc(C2(O)CCC(NC3CCN(C(=O)CNC(=O)c4cccc(C(F)(F)F)c4)C3)CC2)s1. The number of halogens is 3. The van der Waals surface area contributed by atoms with E-state index in [0.29, 0.717) is 31.8 Å². The van der Waals surface area contributed by atoms with Crippen LogP contribution in [0.15, 0.2) is 30.5 Å². The van der Waals surface area contributed by atoms with Crippen molar-refractivity contribution in [3.8, 4) is 0 Å². The Kier molecular flexibility index (Phi) is 8.25. The third-order valence-electron chi connectivity index (χ3n) is 7.15. The number of carbonyl (C=O) groups excluding carboxylic acids is 2. The van der Waals surface area contributed by atoms with E-state index in [4.69, 9.17) is 0 Å². The van der Waals surface area contributed by atoms with Crippen molar-refractivity contribution in [1.82, 2.24) is 20.5 Å². The highest BCUT2D eigenvalue weighted by Gasteiger charge is 2.38. The molecule has 0 radical (unpaired) electrons. The van der Waals surface area contributed by atoms with Gasteiger partial charge in [-0.3, -0.25) is 9.59 Å². The van der Waals surface area contributed by atoms with Gasteiger partial charge in [0.25, 0.3) is 5.91 Å². The molecule has 1 unspecified atom stereocenters. The van der Waals surface area contributed by atoms with Crippen molar-refractivity contribution in [1.29, 1.82) is 0 Å². The van der Waals surface area contributed by atoms with Gasteiger partial charge in [0, 0.05) is 42.9 Å². The fourth-order valence-corrected chi connectivity index (χ4v) is 6.01. The zero-order valence-electron chi connectivity index (χ0n) is 21.0. The van der Waals surface area contributed by atoms with E-state index in [-0.39, 0.29) is 30.1 Å². The summed E-state index contributed by atoms with van der Waals surface area (Å²) in [6.45, 7) is 4.96. The number of aliphatic hydroxyl groups is 1. The molecule has 2 amide bonds. The van der Waals surface area contributed by atoms with Gasteiger partial charge < -0.3 is 20.6 Å². The summed E-state index contributed by atoms with van der Waals surface area (Å²) in [6.07, 6.45) is 0.994. The Bertz CT molecular complexity index is 1110. The third kappa shape index (κ3) is 6.69. The van der Waals surface area contributed by atoms with Gasteiger partial charge in [-0.1, -0.05) is 19.9 Å². The van der Waals surface area contributed by atoms with E-state index < -0.39 is 23.2 Å². The van der Waals surface area contributed by atoms with Crippen LogP contribution >= 0.6 is 11.3 Å². The largest absolute Gasteiger partial charge is 0.416 e. The molecule has 0 spiro atoms. The Balaban J connectivity index is 1.21. The number of benzene rings is 1. The molecule has 1 aliphatic carbocycles. The highest BCUT2D eigenvalue weighted by Crippen LogP contribution is 2.40. The van der Waals surface area contributed by atoms with Crippen molar-refractivity contribution in [3.05, 3.63) is 51.5 Å². The highest BCUT2D eigenvalue weighted by molar-refractivity contribution is 7.11. The zero-order chi connectivity index (χ0) is 26.8. The minimum Gasteiger partial charge on any atom is -0.384 e. The first-order chi connectivity index (χ1) is 17.4. The van der Waals surface area contributed by atoms with Crippen LogP contribution in [0.1, 0.15) is 77.7 Å². The zero-order valence-corrected chi connectivity index (χ0v) is 21.8. The lowest BCUT2D eigenvalue weighted by molar-refractivity contribution is -0.137. The van der Waals surface area contributed by atoms with Gasteiger partial charge in [-0.25, -0.2) is 4.98 Å². The summed E-state index contributed by atoms with van der Waals surface area (Å²) in [5, 5.41) is 18.3. The first-order valence-electron chi connectivity index (χ1n) is 12.6. The van der Waals surface area contributed by atoms with E-state index in [1.165, 1.54) is 12.1 Å². The topological polar surface area (TPSA) is 94.6 Å². The highest BCUT2D eigenvalue weighted by atomic mass is 32.1. The lowest BCUT2D eigenvalue weighted by Crippen LogP contribution is -2.46. The molecule has 0 bridgehead atoms. The van der Waals surface area contributed by atoms with Gasteiger partial charge in [-0.05, 0) is 50.3 Å². The van der Waals surface area contributed by atoms with E-state index in [1.54, 1.807) is 22.4 Å². The second kappa shape index (κ2) is 11.1. The predicted octanol–water partition coefficient (Wildman–Crippen LogP) is 4.04. The number of thiazole rings is 1. The molecular formula is C26H33F3N4O3S. The Morgan fingerprint density at radius 1 is 1.22 bits per heavy atom. The van der Waals surface area contributed by atoms with E-state index in [2.05, 4.69) is 29.5 Å². The van der Waals surface area contributed by atoms with Gasteiger partial charge in [-0.2, -0.15) is 13.2 Å². The molecular weight excluding hydrogens is 505 g/mol. The van der Waals surface area contributed by atoms with Gasteiger partial charge in [0.2, 0.25) is 5.91 Å². The molecule has 2 aromatic rings. The molecule has 3 N–H and O–H groups in total.